The molecule has 2 heterocycles. The van der Waals surface area contributed by atoms with E-state index in [1.165, 1.54) is 21.7 Å². The highest BCUT2D eigenvalue weighted by atomic mass is 19.4. The van der Waals surface area contributed by atoms with Crippen LogP contribution in [0.25, 0.3) is 5.69 Å². The number of likely N-dealkylation sites (tertiary alicyclic amines) is 1. The van der Waals surface area contributed by atoms with Crippen LogP contribution in [0.1, 0.15) is 41.9 Å². The molecule has 1 amide bonds. The Morgan fingerprint density at radius 3 is 2.57 bits per heavy atom. The molecule has 6 nitrogen and oxygen atoms in total. The van der Waals surface area contributed by atoms with Crippen LogP contribution in [0.15, 0.2) is 18.2 Å². The highest BCUT2D eigenvalue weighted by Crippen LogP contribution is 2.56. The number of carbonyl (C=O) groups excluding carboxylic acids is 1. The van der Waals surface area contributed by atoms with E-state index in [1.807, 2.05) is 0 Å². The Labute approximate surface area is 158 Å². The lowest BCUT2D eigenvalue weighted by atomic mass is 9.58. The van der Waals surface area contributed by atoms with Crippen LogP contribution in [0.5, 0.6) is 0 Å². The highest BCUT2D eigenvalue weighted by Gasteiger charge is 2.58. The summed E-state index contributed by atoms with van der Waals surface area (Å²) in [6.45, 7) is 1.64. The van der Waals surface area contributed by atoms with Crippen molar-refractivity contribution in [1.82, 2.24) is 25.1 Å². The van der Waals surface area contributed by atoms with E-state index < -0.39 is 29.2 Å². The molecule has 2 fully saturated rings. The lowest BCUT2D eigenvalue weighted by molar-refractivity contribution is -0.235. The maximum atomic E-state index is 14.6. The number of benzene rings is 1. The zero-order chi connectivity index (χ0) is 20.1. The van der Waals surface area contributed by atoms with Gasteiger partial charge in [0.2, 0.25) is 0 Å². The summed E-state index contributed by atoms with van der Waals surface area (Å²) in [4.78, 5) is 14.2. The number of carbonyl (C=O) groups is 1. The Morgan fingerprint density at radius 1 is 1.29 bits per heavy atom. The van der Waals surface area contributed by atoms with Gasteiger partial charge in [0.05, 0.1) is 17.2 Å². The number of aromatic nitrogens is 4. The molecule has 1 saturated heterocycles. The van der Waals surface area contributed by atoms with Gasteiger partial charge in [-0.25, -0.2) is 4.39 Å². The Hall–Kier alpha value is -2.52. The third kappa shape index (κ3) is 3.04. The third-order valence-corrected chi connectivity index (χ3v) is 6.02. The normalized spacial score (nSPS) is 21.6. The van der Waals surface area contributed by atoms with Crippen LogP contribution >= 0.6 is 0 Å². The van der Waals surface area contributed by atoms with E-state index in [0.29, 0.717) is 24.4 Å². The van der Waals surface area contributed by atoms with E-state index in [-0.39, 0.29) is 25.1 Å². The summed E-state index contributed by atoms with van der Waals surface area (Å²) in [6, 6.07) is 4.00. The summed E-state index contributed by atoms with van der Waals surface area (Å²) in [6.07, 6.45) is -2.80. The van der Waals surface area contributed by atoms with Gasteiger partial charge in [-0.1, -0.05) is 6.42 Å². The fraction of sp³-hybridized carbons (Fsp3) is 0.556. The average Bonchev–Trinajstić information content (AvgIpc) is 3.04. The lowest BCUT2D eigenvalue weighted by Crippen LogP contribution is -2.57. The van der Waals surface area contributed by atoms with E-state index in [1.54, 1.807) is 6.92 Å². The molecule has 0 unspecified atom stereocenters. The number of alkyl halides is 3. The number of aryl methyl sites for hydroxylation is 1. The molecule has 1 aliphatic carbocycles. The molecule has 0 radical (unpaired) electrons. The predicted molar refractivity (Wildman–Crippen MR) is 90.2 cm³/mol. The molecule has 1 spiro atoms. The smallest absolute Gasteiger partial charge is 0.338 e. The van der Waals surface area contributed by atoms with Crippen LogP contribution in [-0.2, 0) is 0 Å². The molecule has 0 bridgehead atoms. The van der Waals surface area contributed by atoms with Crippen molar-refractivity contribution in [2.24, 2.45) is 11.3 Å². The number of nitrogens with zero attached hydrogens (tertiary/aromatic N) is 5. The van der Waals surface area contributed by atoms with Gasteiger partial charge >= 0.3 is 6.18 Å². The molecule has 1 aromatic heterocycles. The molecule has 1 atom stereocenters. The number of hydrogen-bond donors (Lipinski definition) is 0. The molecular formula is C18H19F4N5O. The molecule has 1 aliphatic heterocycles. The Bertz CT molecular complexity index is 906. The first kappa shape index (κ1) is 18.8. The second-order valence-corrected chi connectivity index (χ2v) is 7.63. The summed E-state index contributed by atoms with van der Waals surface area (Å²) >= 11 is 0. The quantitative estimate of drug-likeness (QED) is 0.730. The van der Waals surface area contributed by atoms with E-state index >= 15 is 0 Å². The first-order valence-electron chi connectivity index (χ1n) is 9.12. The first-order valence-corrected chi connectivity index (χ1v) is 9.12. The molecule has 0 N–H and O–H groups in total. The van der Waals surface area contributed by atoms with Crippen molar-refractivity contribution in [3.63, 3.8) is 0 Å². The van der Waals surface area contributed by atoms with Crippen LogP contribution < -0.4 is 0 Å². The minimum Gasteiger partial charge on any atom is -0.338 e. The predicted octanol–water partition coefficient (Wildman–Crippen LogP) is 3.30. The number of hydrogen-bond acceptors (Lipinski definition) is 4. The Balaban J connectivity index is 1.56. The van der Waals surface area contributed by atoms with E-state index in [9.17, 15) is 22.4 Å². The molecule has 28 heavy (non-hydrogen) atoms. The van der Waals surface area contributed by atoms with Crippen LogP contribution in [0, 0.1) is 24.1 Å². The SMILES string of the molecule is Cc1nnnn1-c1ccc(C(=O)N2CC[C@H](C(F)(F)F)C3(CCC3)C2)c(F)c1. The van der Waals surface area contributed by atoms with Crippen molar-refractivity contribution in [2.45, 2.75) is 38.8 Å². The monoisotopic (exact) mass is 397 g/mol. The minimum absolute atomic E-state index is 0.0172. The second-order valence-electron chi connectivity index (χ2n) is 7.63. The van der Waals surface area contributed by atoms with Crippen molar-refractivity contribution < 1.29 is 22.4 Å². The summed E-state index contributed by atoms with van der Waals surface area (Å²) < 4.78 is 56.2. The fourth-order valence-electron chi connectivity index (χ4n) is 4.43. The van der Waals surface area contributed by atoms with Crippen molar-refractivity contribution in [3.8, 4) is 5.69 Å². The zero-order valence-electron chi connectivity index (χ0n) is 15.2. The summed E-state index contributed by atoms with van der Waals surface area (Å²) in [5.74, 6) is -2.27. The Morgan fingerprint density at radius 2 is 2.04 bits per heavy atom. The minimum atomic E-state index is -4.27. The first-order chi connectivity index (χ1) is 13.2. The number of halogens is 4. The van der Waals surface area contributed by atoms with Gasteiger partial charge in [0.15, 0.2) is 5.82 Å². The van der Waals surface area contributed by atoms with Crippen LogP contribution in [-0.4, -0.2) is 50.3 Å². The topological polar surface area (TPSA) is 63.9 Å². The highest BCUT2D eigenvalue weighted by molar-refractivity contribution is 5.94. The van der Waals surface area contributed by atoms with Gasteiger partial charge in [0, 0.05) is 19.2 Å². The van der Waals surface area contributed by atoms with Gasteiger partial charge < -0.3 is 4.90 Å². The van der Waals surface area contributed by atoms with Crippen LogP contribution in [0.3, 0.4) is 0 Å². The maximum absolute atomic E-state index is 14.6. The summed E-state index contributed by atoms with van der Waals surface area (Å²) in [7, 11) is 0. The van der Waals surface area contributed by atoms with E-state index in [0.717, 1.165) is 12.5 Å². The molecular weight excluding hydrogens is 378 g/mol. The fourth-order valence-corrected chi connectivity index (χ4v) is 4.43. The molecule has 2 aliphatic rings. The van der Waals surface area contributed by atoms with Gasteiger partial charge in [0.25, 0.3) is 5.91 Å². The molecule has 1 saturated carbocycles. The average molecular weight is 397 g/mol. The van der Waals surface area contributed by atoms with Crippen LogP contribution in [0.4, 0.5) is 17.6 Å². The van der Waals surface area contributed by atoms with Crippen LogP contribution in [0.2, 0.25) is 0 Å². The standard InChI is InChI=1S/C18H19F4N5O/c1-11-23-24-25-27(11)12-3-4-13(14(19)9-12)16(28)26-8-5-15(18(20,21)22)17(10-26)6-2-7-17/h3-4,9,15H,2,5-8,10H2,1H3/t15-/m0/s1. The van der Waals surface area contributed by atoms with Crippen molar-refractivity contribution in [2.75, 3.05) is 13.1 Å². The largest absolute Gasteiger partial charge is 0.392 e. The molecule has 4 rings (SSSR count). The maximum Gasteiger partial charge on any atom is 0.392 e. The van der Waals surface area contributed by atoms with Crippen molar-refractivity contribution in [1.29, 1.82) is 0 Å². The second kappa shape index (κ2) is 6.52. The van der Waals surface area contributed by atoms with Gasteiger partial charge in [-0.3, -0.25) is 4.79 Å². The zero-order valence-corrected chi connectivity index (χ0v) is 15.2. The molecule has 2 aromatic rings. The molecule has 10 heteroatoms. The summed E-state index contributed by atoms with van der Waals surface area (Å²) in [5.41, 5.74) is -0.719. The Kier molecular flexibility index (Phi) is 4.39. The van der Waals surface area contributed by atoms with Gasteiger partial charge in [-0.2, -0.15) is 17.9 Å². The number of piperidine rings is 1. The van der Waals surface area contributed by atoms with Crippen molar-refractivity contribution >= 4 is 5.91 Å². The van der Waals surface area contributed by atoms with Gasteiger partial charge in [-0.05, 0) is 54.2 Å². The molecule has 1 aromatic carbocycles. The van der Waals surface area contributed by atoms with Gasteiger partial charge in [-0.15, -0.1) is 5.10 Å². The lowest BCUT2D eigenvalue weighted by Gasteiger charge is -2.54. The molecule has 150 valence electrons. The van der Waals surface area contributed by atoms with E-state index in [4.69, 9.17) is 0 Å². The van der Waals surface area contributed by atoms with Gasteiger partial charge in [0.1, 0.15) is 5.82 Å². The number of rotatable bonds is 2. The number of amides is 1. The van der Waals surface area contributed by atoms with Crippen molar-refractivity contribution in [3.05, 3.63) is 35.4 Å². The third-order valence-electron chi connectivity index (χ3n) is 6.02. The summed E-state index contributed by atoms with van der Waals surface area (Å²) in [5, 5.41) is 11.0. The van der Waals surface area contributed by atoms with E-state index in [2.05, 4.69) is 15.5 Å². The number of tetrazole rings is 1.